The predicted molar refractivity (Wildman–Crippen MR) is 285 cm³/mol. The number of guanidine groups is 1. The van der Waals surface area contributed by atoms with Crippen LogP contribution >= 0.6 is 21.6 Å². The number of rotatable bonds is 20. The number of nitrogens with zero attached hydrogens (tertiary/aromatic N) is 2. The van der Waals surface area contributed by atoms with Crippen LogP contribution in [0.4, 0.5) is 0 Å². The van der Waals surface area contributed by atoms with Gasteiger partial charge in [0.2, 0.25) is 70.9 Å². The summed E-state index contributed by atoms with van der Waals surface area (Å²) in [5.74, 6) is -11.6. The van der Waals surface area contributed by atoms with Gasteiger partial charge in [-0.1, -0.05) is 64.1 Å². The molecule has 12 amide bonds. The van der Waals surface area contributed by atoms with Crippen LogP contribution in [0, 0.1) is 0 Å². The van der Waals surface area contributed by atoms with Gasteiger partial charge in [-0.15, -0.1) is 0 Å². The van der Waals surface area contributed by atoms with Gasteiger partial charge in [-0.2, -0.15) is 0 Å². The number of aromatic hydroxyl groups is 1. The summed E-state index contributed by atoms with van der Waals surface area (Å²) < 4.78 is 0. The molecule has 0 saturated carbocycles. The first kappa shape index (κ1) is 62.4. The fourth-order valence-electron chi connectivity index (χ4n) is 8.14. The maximum absolute atomic E-state index is 14.7. The molecule has 2 unspecified atom stereocenters. The Morgan fingerprint density at radius 2 is 1.29 bits per heavy atom. The Labute approximate surface area is 456 Å². The van der Waals surface area contributed by atoms with Crippen molar-refractivity contribution in [1.29, 1.82) is 0 Å². The van der Waals surface area contributed by atoms with E-state index in [-0.39, 0.29) is 74.8 Å². The van der Waals surface area contributed by atoms with E-state index in [2.05, 4.69) is 47.5 Å². The van der Waals surface area contributed by atoms with Crippen LogP contribution in [0.15, 0.2) is 59.6 Å². The highest BCUT2D eigenvalue weighted by atomic mass is 33.1. The molecule has 2 saturated heterocycles. The average Bonchev–Trinajstić information content (AvgIpc) is 3.88. The molecular weight excluding hydrogens is 1060 g/mol. The number of primary amides is 3. The van der Waals surface area contributed by atoms with Gasteiger partial charge in [-0.05, 0) is 55.4 Å². The van der Waals surface area contributed by atoms with Crippen molar-refractivity contribution < 1.29 is 62.6 Å². The second kappa shape index (κ2) is 31.2. The SMILES string of the molecule is CC(=O)N[C@H]1CSSCC(C(=O)N2CCC[C@H]2C(=O)N[C@@H](CCCN=C(N)N)C(=O)NCC(N)=O)NC(=O)[C@H](CC(N)=O)NC(=O)[C@H](CCC(N)=O)NC(=O)C(Cc2ccccc2)NC(=O)[C@H](Cc2ccc(O)cc2)NC1=O. The largest absolute Gasteiger partial charge is 0.508 e. The number of aliphatic imine (C=N–C) groups is 1. The van der Waals surface area contributed by atoms with E-state index in [1.54, 1.807) is 30.3 Å². The van der Waals surface area contributed by atoms with Crippen molar-refractivity contribution in [2.24, 2.45) is 33.7 Å². The van der Waals surface area contributed by atoms with Crippen molar-refractivity contribution in [3.8, 4) is 5.75 Å². The molecule has 2 heterocycles. The van der Waals surface area contributed by atoms with Crippen molar-refractivity contribution in [2.45, 2.75) is 113 Å². The number of hydrogen-bond donors (Lipinski definition) is 14. The molecule has 2 aliphatic heterocycles. The third-order valence-electron chi connectivity index (χ3n) is 12.0. The van der Waals surface area contributed by atoms with Gasteiger partial charge in [0.15, 0.2) is 5.96 Å². The van der Waals surface area contributed by atoms with E-state index in [0.29, 0.717) is 11.1 Å². The van der Waals surface area contributed by atoms with Crippen LogP contribution in [0.5, 0.6) is 5.75 Å². The van der Waals surface area contributed by atoms with Gasteiger partial charge in [0, 0.05) is 50.8 Å². The molecule has 28 nitrogen and oxygen atoms in total. The summed E-state index contributed by atoms with van der Waals surface area (Å²) in [5, 5.41) is 30.2. The molecule has 2 fully saturated rings. The molecule has 2 aliphatic rings. The number of benzene rings is 2. The molecule has 0 radical (unpaired) electrons. The molecule has 0 bridgehead atoms. The molecule has 4 rings (SSSR count). The lowest BCUT2D eigenvalue weighted by Crippen LogP contribution is -2.61. The maximum atomic E-state index is 14.7. The Bertz CT molecular complexity index is 2540. The highest BCUT2D eigenvalue weighted by Crippen LogP contribution is 2.26. The fourth-order valence-corrected chi connectivity index (χ4v) is 10.5. The van der Waals surface area contributed by atoms with Gasteiger partial charge in [0.05, 0.1) is 13.0 Å². The van der Waals surface area contributed by atoms with Gasteiger partial charge < -0.3 is 81.2 Å². The number of likely N-dealkylation sites (tertiary alicyclic amines) is 1. The number of carbonyl (C=O) groups excluding carboxylic acids is 12. The zero-order valence-corrected chi connectivity index (χ0v) is 44.3. The van der Waals surface area contributed by atoms with Crippen LogP contribution in [0.3, 0.4) is 0 Å². The third kappa shape index (κ3) is 21.1. The van der Waals surface area contributed by atoms with E-state index in [9.17, 15) is 62.6 Å². The number of phenolic OH excluding ortho intramolecular Hbond substituents is 1. The van der Waals surface area contributed by atoms with E-state index in [4.69, 9.17) is 28.7 Å². The van der Waals surface area contributed by atoms with Gasteiger partial charge in [-0.25, -0.2) is 0 Å². The van der Waals surface area contributed by atoms with Crippen LogP contribution in [0.2, 0.25) is 0 Å². The average molecular weight is 1130 g/mol. The Morgan fingerprint density at radius 3 is 1.90 bits per heavy atom. The van der Waals surface area contributed by atoms with Crippen molar-refractivity contribution >= 4 is 98.4 Å². The maximum Gasteiger partial charge on any atom is 0.246 e. The van der Waals surface area contributed by atoms with Gasteiger partial charge in [0.1, 0.15) is 54.1 Å². The molecule has 8 atom stereocenters. The highest BCUT2D eigenvalue weighted by molar-refractivity contribution is 8.76. The Morgan fingerprint density at radius 1 is 0.718 bits per heavy atom. The molecule has 2 aromatic carbocycles. The minimum Gasteiger partial charge on any atom is -0.508 e. The number of phenols is 1. The monoisotopic (exact) mass is 1130 g/mol. The summed E-state index contributed by atoms with van der Waals surface area (Å²) in [7, 11) is 1.90. The fraction of sp³-hybridized carbons (Fsp3) is 0.479. The number of hydrogen-bond acceptors (Lipinski definition) is 16. The zero-order chi connectivity index (χ0) is 57.5. The molecule has 30 heteroatoms. The first-order chi connectivity index (χ1) is 37.0. The Kier molecular flexibility index (Phi) is 24.9. The molecule has 19 N–H and O–H groups in total. The minimum absolute atomic E-state index is 0.0155. The van der Waals surface area contributed by atoms with Crippen LogP contribution < -0.4 is 71.2 Å². The number of carbonyl (C=O) groups is 12. The first-order valence-corrected chi connectivity index (χ1v) is 27.1. The topological polar surface area (TPSA) is 467 Å². The Balaban J connectivity index is 1.76. The van der Waals surface area contributed by atoms with E-state index in [1.165, 1.54) is 24.3 Å². The lowest BCUT2D eigenvalue weighted by atomic mass is 10.0. The number of nitrogens with two attached hydrogens (primary N) is 5. The summed E-state index contributed by atoms with van der Waals surface area (Å²) in [5.41, 5.74) is 28.1. The van der Waals surface area contributed by atoms with Crippen LogP contribution in [-0.2, 0) is 70.4 Å². The lowest BCUT2D eigenvalue weighted by molar-refractivity contribution is -0.142. The number of amides is 12. The summed E-state index contributed by atoms with van der Waals surface area (Å²) in [6.45, 7) is 0.658. The Hall–Kier alpha value is -8.15. The summed E-state index contributed by atoms with van der Waals surface area (Å²) in [4.78, 5) is 167. The van der Waals surface area contributed by atoms with Crippen molar-refractivity contribution in [3.05, 3.63) is 65.7 Å². The quantitative estimate of drug-likeness (QED) is 0.0255. The summed E-state index contributed by atoms with van der Waals surface area (Å²) in [6, 6.07) is 2.30. The predicted octanol–water partition coefficient (Wildman–Crippen LogP) is -5.23. The standard InChI is InChI=1S/C48H67N15O13S2/c1-25(64)56-34-23-77-78-24-35(47(76)63-18-6-10-36(63)46(75)58-29(9-5-17-54-48(52)53)40(69)55-22-39(51)68)62-44(73)33(21-38(50)67)61-41(70)30(15-16-37(49)66)57-42(71)31(19-26-7-3-2-4-8-26)59-43(72)32(60-45(34)74)20-27-11-13-28(65)14-12-27/h2-4,7-8,11-14,29-36,65H,5-6,9-10,15-24H2,1H3,(H2,49,66)(H2,50,67)(H2,51,68)(H,55,69)(H,56,64)(H,57,71)(H,58,75)(H,59,72)(H,60,74)(H,61,70)(H,62,73)(H4,52,53,54)/t29-,30-,31?,32-,33-,34-,35?,36-/m0/s1. The molecule has 0 aromatic heterocycles. The molecule has 0 spiro atoms. The zero-order valence-electron chi connectivity index (χ0n) is 42.7. The van der Waals surface area contributed by atoms with Crippen molar-refractivity contribution in [2.75, 3.05) is 31.1 Å². The van der Waals surface area contributed by atoms with Crippen molar-refractivity contribution in [1.82, 2.24) is 47.4 Å². The van der Waals surface area contributed by atoms with Crippen LogP contribution in [0.1, 0.15) is 63.0 Å². The third-order valence-corrected chi connectivity index (χ3v) is 14.4. The molecule has 424 valence electrons. The molecular formula is C48H67N15O13S2. The van der Waals surface area contributed by atoms with Crippen molar-refractivity contribution in [3.63, 3.8) is 0 Å². The van der Waals surface area contributed by atoms with Gasteiger partial charge in [0.25, 0.3) is 0 Å². The second-order valence-corrected chi connectivity index (χ2v) is 20.8. The minimum atomic E-state index is -1.83. The lowest BCUT2D eigenvalue weighted by Gasteiger charge is -2.31. The molecule has 0 aliphatic carbocycles. The normalized spacial score (nSPS) is 22.1. The van der Waals surface area contributed by atoms with E-state index in [1.807, 2.05) is 0 Å². The van der Waals surface area contributed by atoms with Gasteiger partial charge in [-0.3, -0.25) is 62.5 Å². The summed E-state index contributed by atoms with van der Waals surface area (Å²) >= 11 is 0. The summed E-state index contributed by atoms with van der Waals surface area (Å²) in [6.07, 6.45) is -1.62. The molecule has 2 aromatic rings. The highest BCUT2D eigenvalue weighted by Gasteiger charge is 2.41. The van der Waals surface area contributed by atoms with E-state index in [0.717, 1.165) is 33.4 Å². The first-order valence-electron chi connectivity index (χ1n) is 24.6. The van der Waals surface area contributed by atoms with E-state index >= 15 is 0 Å². The van der Waals surface area contributed by atoms with E-state index < -0.39 is 145 Å². The molecule has 78 heavy (non-hydrogen) atoms. The van der Waals surface area contributed by atoms with Gasteiger partial charge >= 0.3 is 0 Å². The van der Waals surface area contributed by atoms with Crippen LogP contribution in [0.25, 0.3) is 0 Å². The number of nitrogens with one attached hydrogen (secondary N) is 8. The smallest absolute Gasteiger partial charge is 0.246 e. The second-order valence-electron chi connectivity index (χ2n) is 18.2. The van der Waals surface area contributed by atoms with Crippen LogP contribution in [-0.4, -0.2) is 166 Å².